The second-order valence-electron chi connectivity index (χ2n) is 5.43. The Labute approximate surface area is 131 Å². The first-order valence-electron chi connectivity index (χ1n) is 7.34. The molecule has 0 heterocycles. The number of likely N-dealkylation sites (N-methyl/N-ethyl adjacent to an activating group) is 1. The van der Waals surface area contributed by atoms with Gasteiger partial charge >= 0.3 is 0 Å². The van der Waals surface area contributed by atoms with Gasteiger partial charge in [-0.25, -0.2) is 0 Å². The van der Waals surface area contributed by atoms with Crippen LogP contribution in [0.1, 0.15) is 17.2 Å². The molecule has 0 radical (unpaired) electrons. The van der Waals surface area contributed by atoms with Crippen LogP contribution in [0.5, 0.6) is 11.5 Å². The van der Waals surface area contributed by atoms with Crippen molar-refractivity contribution in [1.82, 2.24) is 0 Å². The molecule has 4 nitrogen and oxygen atoms in total. The number of nitrogens with one attached hydrogen (secondary N) is 1. The minimum absolute atomic E-state index is 0.127. The summed E-state index contributed by atoms with van der Waals surface area (Å²) < 4.78 is 5.10. The van der Waals surface area contributed by atoms with Crippen LogP contribution in [0.15, 0.2) is 53.5 Å². The van der Waals surface area contributed by atoms with Gasteiger partial charge in [-0.15, -0.1) is 0 Å². The monoisotopic (exact) mass is 299 g/mol. The molecule has 0 spiro atoms. The molecule has 22 heavy (non-hydrogen) atoms. The number of para-hydroxylation sites is 1. The lowest BCUT2D eigenvalue weighted by Crippen LogP contribution is -3.06. The third-order valence-electron chi connectivity index (χ3n) is 3.67. The summed E-state index contributed by atoms with van der Waals surface area (Å²) in [6, 6.07) is 16.0. The lowest BCUT2D eigenvalue weighted by atomic mass is 10.1. The van der Waals surface area contributed by atoms with Gasteiger partial charge in [0.2, 0.25) is 0 Å². The first-order valence-corrected chi connectivity index (χ1v) is 7.34. The van der Waals surface area contributed by atoms with Gasteiger partial charge in [-0.2, -0.15) is 0 Å². The van der Waals surface area contributed by atoms with Gasteiger partial charge in [0.1, 0.15) is 6.04 Å². The Hall–Kier alpha value is -2.33. The molecule has 0 aliphatic carbocycles. The Balaban J connectivity index is 2.13. The van der Waals surface area contributed by atoms with Crippen molar-refractivity contribution in [3.8, 4) is 11.5 Å². The highest BCUT2D eigenvalue weighted by molar-refractivity contribution is 5.84. The largest absolute Gasteiger partial charge is 0.504 e. The number of methoxy groups -OCH3 is 1. The van der Waals surface area contributed by atoms with Crippen molar-refractivity contribution in [2.24, 2.45) is 4.99 Å². The molecule has 0 saturated heterocycles. The van der Waals surface area contributed by atoms with Crippen LogP contribution in [0.2, 0.25) is 0 Å². The van der Waals surface area contributed by atoms with Crippen molar-refractivity contribution in [1.29, 1.82) is 0 Å². The highest BCUT2D eigenvalue weighted by Gasteiger charge is 2.16. The summed E-state index contributed by atoms with van der Waals surface area (Å²) in [7, 11) is 5.78. The number of quaternary nitrogens is 1. The predicted octanol–water partition coefficient (Wildman–Crippen LogP) is 1.71. The molecule has 0 fully saturated rings. The smallest absolute Gasteiger partial charge is 0.166 e. The molecule has 0 amide bonds. The fourth-order valence-electron chi connectivity index (χ4n) is 2.37. The zero-order chi connectivity index (χ0) is 15.9. The first kappa shape index (κ1) is 16.0. The van der Waals surface area contributed by atoms with Crippen LogP contribution in [0.3, 0.4) is 0 Å². The maximum absolute atomic E-state index is 10.1. The molecule has 2 N–H and O–H groups in total. The molecule has 0 aliphatic rings. The van der Waals surface area contributed by atoms with Gasteiger partial charge in [0, 0.05) is 17.3 Å². The molecule has 2 aromatic carbocycles. The number of aromatic hydroxyl groups is 1. The molecule has 0 aliphatic heterocycles. The van der Waals surface area contributed by atoms with E-state index in [2.05, 4.69) is 31.2 Å². The SMILES string of the molecule is COc1cccc(C=NC[C@H](c2ccccc2)[NH+](C)C)c1O. The van der Waals surface area contributed by atoms with E-state index < -0.39 is 0 Å². The Bertz CT molecular complexity index is 624. The van der Waals surface area contributed by atoms with Crippen LogP contribution in [-0.2, 0) is 0 Å². The number of rotatable bonds is 6. The molecule has 0 bridgehead atoms. The van der Waals surface area contributed by atoms with Crippen molar-refractivity contribution in [2.75, 3.05) is 27.7 Å². The number of nitrogens with zero attached hydrogens (tertiary/aromatic N) is 1. The molecule has 1 atom stereocenters. The van der Waals surface area contributed by atoms with Crippen molar-refractivity contribution in [3.63, 3.8) is 0 Å². The summed E-state index contributed by atoms with van der Waals surface area (Å²) in [5.74, 6) is 0.587. The van der Waals surface area contributed by atoms with Gasteiger partial charge in [-0.05, 0) is 12.1 Å². The Morgan fingerprint density at radius 3 is 2.50 bits per heavy atom. The topological polar surface area (TPSA) is 46.3 Å². The molecule has 116 valence electrons. The fraction of sp³-hybridized carbons (Fsp3) is 0.278. The lowest BCUT2D eigenvalue weighted by Gasteiger charge is -2.19. The van der Waals surface area contributed by atoms with Crippen molar-refractivity contribution >= 4 is 6.21 Å². The number of ether oxygens (including phenoxy) is 1. The third-order valence-corrected chi connectivity index (χ3v) is 3.67. The van der Waals surface area contributed by atoms with Crippen LogP contribution in [-0.4, -0.2) is 39.1 Å². The average molecular weight is 299 g/mol. The zero-order valence-corrected chi connectivity index (χ0v) is 13.3. The van der Waals surface area contributed by atoms with Crippen LogP contribution >= 0.6 is 0 Å². The van der Waals surface area contributed by atoms with Crippen molar-refractivity contribution in [2.45, 2.75) is 6.04 Å². The normalized spacial score (nSPS) is 12.7. The van der Waals surface area contributed by atoms with Crippen LogP contribution < -0.4 is 9.64 Å². The van der Waals surface area contributed by atoms with Gasteiger partial charge in [-0.3, -0.25) is 4.99 Å². The Morgan fingerprint density at radius 1 is 1.14 bits per heavy atom. The van der Waals surface area contributed by atoms with Crippen molar-refractivity contribution < 1.29 is 14.7 Å². The summed E-state index contributed by atoms with van der Waals surface area (Å²) in [4.78, 5) is 5.83. The molecule has 2 aromatic rings. The summed E-state index contributed by atoms with van der Waals surface area (Å²) >= 11 is 0. The fourth-order valence-corrected chi connectivity index (χ4v) is 2.37. The van der Waals surface area contributed by atoms with E-state index in [0.29, 0.717) is 17.9 Å². The average Bonchev–Trinajstić information content (AvgIpc) is 2.53. The number of hydrogen-bond acceptors (Lipinski definition) is 3. The van der Waals surface area contributed by atoms with E-state index in [0.717, 1.165) is 0 Å². The zero-order valence-electron chi connectivity index (χ0n) is 13.3. The minimum atomic E-state index is 0.127. The molecule has 2 rings (SSSR count). The molecular weight excluding hydrogens is 276 g/mol. The van der Waals surface area contributed by atoms with Crippen LogP contribution in [0.4, 0.5) is 0 Å². The summed E-state index contributed by atoms with van der Waals surface area (Å²) in [5, 5.41) is 10.1. The van der Waals surface area contributed by atoms with E-state index in [9.17, 15) is 5.11 Å². The standard InChI is InChI=1S/C18H22N2O2/c1-20(2)16(14-8-5-4-6-9-14)13-19-12-15-10-7-11-17(22-3)18(15)21/h4-12,16,21H,13H2,1-3H3/p+1/t16-/m1/s1. The summed E-state index contributed by atoms with van der Waals surface area (Å²) in [6.07, 6.45) is 1.71. The van der Waals surface area contributed by atoms with Crippen LogP contribution in [0, 0.1) is 0 Å². The minimum Gasteiger partial charge on any atom is -0.504 e. The van der Waals surface area contributed by atoms with Gasteiger partial charge in [0.05, 0.1) is 27.7 Å². The second kappa shape index (κ2) is 7.61. The van der Waals surface area contributed by atoms with Gasteiger partial charge in [0.25, 0.3) is 0 Å². The quantitative estimate of drug-likeness (QED) is 0.798. The number of phenolic OH excluding ortho intramolecular Hbond substituents is 1. The van der Waals surface area contributed by atoms with E-state index in [1.54, 1.807) is 12.3 Å². The molecule has 4 heteroatoms. The number of phenols is 1. The number of aliphatic imine (C=N–C) groups is 1. The van der Waals surface area contributed by atoms with Gasteiger partial charge in [0.15, 0.2) is 11.5 Å². The Kier molecular flexibility index (Phi) is 5.55. The summed E-state index contributed by atoms with van der Waals surface area (Å²) in [5.41, 5.74) is 1.93. The number of benzene rings is 2. The highest BCUT2D eigenvalue weighted by atomic mass is 16.5. The van der Waals surface area contributed by atoms with Crippen molar-refractivity contribution in [3.05, 3.63) is 59.7 Å². The maximum atomic E-state index is 10.1. The maximum Gasteiger partial charge on any atom is 0.166 e. The van der Waals surface area contributed by atoms with Gasteiger partial charge < -0.3 is 14.7 Å². The van der Waals surface area contributed by atoms with Gasteiger partial charge in [-0.1, -0.05) is 36.4 Å². The number of hydrogen-bond donors (Lipinski definition) is 2. The predicted molar refractivity (Wildman–Crippen MR) is 89.1 cm³/mol. The lowest BCUT2D eigenvalue weighted by molar-refractivity contribution is -0.890. The van der Waals surface area contributed by atoms with E-state index >= 15 is 0 Å². The van der Waals surface area contributed by atoms with E-state index in [1.165, 1.54) is 17.6 Å². The Morgan fingerprint density at radius 2 is 1.86 bits per heavy atom. The van der Waals surface area contributed by atoms with E-state index in [-0.39, 0.29) is 11.8 Å². The van der Waals surface area contributed by atoms with Crippen LogP contribution in [0.25, 0.3) is 0 Å². The van der Waals surface area contributed by atoms with E-state index in [1.807, 2.05) is 30.3 Å². The molecule has 0 aromatic heterocycles. The summed E-state index contributed by atoms with van der Waals surface area (Å²) in [6.45, 7) is 0.656. The highest BCUT2D eigenvalue weighted by Crippen LogP contribution is 2.28. The first-order chi connectivity index (χ1) is 10.6. The molecule has 0 saturated carbocycles. The molecular formula is C18H23N2O2+. The third kappa shape index (κ3) is 3.86. The molecule has 0 unspecified atom stereocenters. The van der Waals surface area contributed by atoms with E-state index in [4.69, 9.17) is 4.74 Å². The second-order valence-corrected chi connectivity index (χ2v) is 5.43.